The molecule has 16 unspecified atom stereocenters. The molecule has 10 aliphatic heterocycles. The van der Waals surface area contributed by atoms with Crippen LogP contribution < -0.4 is 10.6 Å². The first-order valence-corrected chi connectivity index (χ1v) is 28.0. The number of imide groups is 2. The Morgan fingerprint density at radius 1 is 0.568 bits per heavy atom. The highest BCUT2D eigenvalue weighted by Gasteiger charge is 2.73. The molecular formula is C46H66N4O22P2. The van der Waals surface area contributed by atoms with Crippen LogP contribution in [-0.2, 0) is 103 Å². The van der Waals surface area contributed by atoms with Crippen molar-refractivity contribution >= 4 is 75.1 Å². The van der Waals surface area contributed by atoms with Crippen LogP contribution in [0.25, 0.3) is 0 Å². The van der Waals surface area contributed by atoms with Crippen molar-refractivity contribution in [3.05, 3.63) is 0 Å². The smallest absolute Gasteiger partial charge is 0.306 e. The first kappa shape index (κ1) is 55.0. The van der Waals surface area contributed by atoms with Gasteiger partial charge in [0.1, 0.15) is 72.2 Å². The largest absolute Gasteiger partial charge is 0.457 e. The van der Waals surface area contributed by atoms with Gasteiger partial charge >= 0.3 is 11.9 Å². The average molecular weight is 1090 g/mol. The maximum Gasteiger partial charge on any atom is 0.306 e. The predicted molar refractivity (Wildman–Crippen MR) is 252 cm³/mol. The highest BCUT2D eigenvalue weighted by Crippen LogP contribution is 2.62. The fourth-order valence-electron chi connectivity index (χ4n) is 12.1. The molecule has 10 fully saturated rings. The summed E-state index contributed by atoms with van der Waals surface area (Å²) >= 11 is 0. The number of nitrogens with zero attached hydrogens (tertiary/aromatic N) is 2. The maximum absolute atomic E-state index is 12.9. The number of carbonyl (C=O) groups is 8. The van der Waals surface area contributed by atoms with Crippen LogP contribution in [0, 0.1) is 23.7 Å². The zero-order chi connectivity index (χ0) is 53.7. The molecule has 0 aromatic carbocycles. The highest BCUT2D eigenvalue weighted by atomic mass is 31.2. The third-order valence-electron chi connectivity index (χ3n) is 15.9. The number of hydrogen-bond donors (Lipinski definition) is 2. The first-order chi connectivity index (χ1) is 34.9. The molecule has 2 N–H and O–H groups in total. The molecule has 8 bridgehead atoms. The van der Waals surface area contributed by atoms with Gasteiger partial charge in [-0.05, 0) is 40.3 Å². The van der Waals surface area contributed by atoms with Crippen molar-refractivity contribution in [2.24, 2.45) is 23.7 Å². The number of rotatable bonds is 18. The number of fused-ring (bicyclic) bond motifs is 14. The van der Waals surface area contributed by atoms with Gasteiger partial charge < -0.3 is 75.7 Å². The Kier molecular flexibility index (Phi) is 15.1. The van der Waals surface area contributed by atoms with E-state index in [1.165, 1.54) is 42.4 Å². The van der Waals surface area contributed by atoms with Crippen molar-refractivity contribution in [2.75, 3.05) is 55.6 Å². The van der Waals surface area contributed by atoms with Crippen molar-refractivity contribution in [1.29, 1.82) is 0 Å². The topological polar surface area (TPSA) is 296 Å². The van der Waals surface area contributed by atoms with E-state index in [2.05, 4.69) is 23.2 Å². The van der Waals surface area contributed by atoms with Crippen LogP contribution in [0.5, 0.6) is 0 Å². The molecule has 0 saturated carbocycles. The van der Waals surface area contributed by atoms with Gasteiger partial charge in [0, 0.05) is 55.3 Å². The zero-order valence-corrected chi connectivity index (χ0v) is 44.6. The standard InChI is InChI=1S/2C23H33N2O11P/c2*1-10-15-20(23(2,34-10)9-31-15)36-37(6,30-5)35-19-17-14-13(21(28)25(4)22(14)29)16(33-17)18(19)32-12(27)8-7-11(26)24-3/h2*10,13-20H,6-9H2,1-5H3,(H,24,26)/t10-,13?,14?,15+,16?,17?,18?,19?,20?,23-,37?;10-,13?,14?,15-,16?,17?,18?,19?,20?,23+,37?/m00/s1. The van der Waals surface area contributed by atoms with Gasteiger partial charge in [0.25, 0.3) is 15.1 Å². The molecule has 28 heteroatoms. The lowest BCUT2D eigenvalue weighted by molar-refractivity contribution is -0.160. The minimum absolute atomic E-state index is 0.0674. The number of carbonyl (C=O) groups excluding carboxylic acids is 8. The third-order valence-corrected chi connectivity index (χ3v) is 19.2. The second-order valence-electron chi connectivity index (χ2n) is 20.6. The molecule has 22 atom stereocenters. The van der Waals surface area contributed by atoms with E-state index < -0.39 is 135 Å². The molecule has 10 heterocycles. The molecule has 412 valence electrons. The Hall–Kier alpha value is -3.72. The SMILES string of the molecule is C=P(OC)(OC1C(OC(=O)CCC(=O)NC)C2OC1C1C(=O)N(C)C(=O)C21)OC1[C@@H]2OC[C@]1(C)O[C@H]2C.C=P(OC)(OC1C(OC(=O)CCC(=O)NC)C2OC1C1C(=O)N(C)C(=O)C21)OC1[C@H]2OC[C@@]1(C)O[C@H]2C. The van der Waals surface area contributed by atoms with Gasteiger partial charge in [0.05, 0.1) is 61.9 Å². The molecule has 10 aliphatic rings. The van der Waals surface area contributed by atoms with Gasteiger partial charge in [-0.25, -0.2) is 0 Å². The lowest BCUT2D eigenvalue weighted by atomic mass is 9.78. The lowest BCUT2D eigenvalue weighted by Gasteiger charge is -2.37. The summed E-state index contributed by atoms with van der Waals surface area (Å²) in [4.78, 5) is 102. The normalized spacial score (nSPS) is 43.3. The molecule has 0 spiro atoms. The van der Waals surface area contributed by atoms with Gasteiger partial charge in [-0.15, -0.1) is 0 Å². The molecule has 26 nitrogen and oxygen atoms in total. The monoisotopic (exact) mass is 1090 g/mol. The number of hydrogen-bond acceptors (Lipinski definition) is 22. The van der Waals surface area contributed by atoms with E-state index >= 15 is 0 Å². The Morgan fingerprint density at radius 3 is 1.16 bits per heavy atom. The Morgan fingerprint density at radius 2 is 0.892 bits per heavy atom. The molecule has 6 amide bonds. The van der Waals surface area contributed by atoms with Gasteiger partial charge in [0.15, 0.2) is 12.2 Å². The molecule has 0 aromatic rings. The van der Waals surface area contributed by atoms with Gasteiger partial charge in [-0.2, -0.15) is 0 Å². The maximum atomic E-state index is 12.9. The highest BCUT2D eigenvalue weighted by molar-refractivity contribution is 7.59. The number of nitrogens with one attached hydrogen (secondary N) is 2. The van der Waals surface area contributed by atoms with Crippen LogP contribution >= 0.6 is 15.1 Å². The third kappa shape index (κ3) is 9.30. The van der Waals surface area contributed by atoms with Crippen molar-refractivity contribution in [2.45, 2.75) is 150 Å². The van der Waals surface area contributed by atoms with Crippen molar-refractivity contribution in [3.63, 3.8) is 0 Å². The second kappa shape index (κ2) is 20.3. The predicted octanol–water partition coefficient (Wildman–Crippen LogP) is -0.752. The first-order valence-electron chi connectivity index (χ1n) is 24.5. The van der Waals surface area contributed by atoms with Crippen LogP contribution in [0.4, 0.5) is 0 Å². The van der Waals surface area contributed by atoms with E-state index in [-0.39, 0.29) is 73.7 Å². The van der Waals surface area contributed by atoms with Crippen molar-refractivity contribution < 1.29 is 103 Å². The lowest BCUT2D eigenvalue weighted by Crippen LogP contribution is -2.51. The molecule has 0 aliphatic carbocycles. The molecule has 10 saturated heterocycles. The van der Waals surface area contributed by atoms with E-state index in [4.69, 9.17) is 65.0 Å². The van der Waals surface area contributed by atoms with Crippen LogP contribution in [0.1, 0.15) is 53.4 Å². The summed E-state index contributed by atoms with van der Waals surface area (Å²) in [6.45, 7) is 8.21. The minimum atomic E-state index is -3.34. The summed E-state index contributed by atoms with van der Waals surface area (Å²) in [5, 5.41) is 4.89. The Bertz CT molecular complexity index is 2270. The molecule has 0 aromatic heterocycles. The fraction of sp³-hybridized carbons (Fsp3) is 0.783. The van der Waals surface area contributed by atoms with E-state index in [1.807, 2.05) is 27.7 Å². The van der Waals surface area contributed by atoms with Crippen LogP contribution in [-0.4, -0.2) is 222 Å². The van der Waals surface area contributed by atoms with Crippen molar-refractivity contribution in [1.82, 2.24) is 20.4 Å². The Labute approximate surface area is 427 Å². The quantitative estimate of drug-likeness (QED) is 0.0969. The van der Waals surface area contributed by atoms with Crippen LogP contribution in [0.3, 0.4) is 0 Å². The summed E-state index contributed by atoms with van der Waals surface area (Å²) in [6, 6.07) is 0. The minimum Gasteiger partial charge on any atom is -0.457 e. The summed E-state index contributed by atoms with van der Waals surface area (Å²) in [7, 11) is 1.87. The van der Waals surface area contributed by atoms with E-state index in [0.29, 0.717) is 13.2 Å². The number of esters is 2. The number of amides is 6. The average Bonchev–Trinajstić information content (AvgIpc) is 4.28. The van der Waals surface area contributed by atoms with E-state index in [9.17, 15) is 38.4 Å². The summed E-state index contributed by atoms with van der Waals surface area (Å²) in [5.41, 5.74) is -1.43. The van der Waals surface area contributed by atoms with Crippen molar-refractivity contribution in [3.8, 4) is 0 Å². The number of ether oxygens (including phenoxy) is 8. The second-order valence-corrected chi connectivity index (χ2v) is 24.6. The zero-order valence-electron chi connectivity index (χ0n) is 42.8. The summed E-state index contributed by atoms with van der Waals surface area (Å²) < 4.78 is 83.7. The molecule has 10 rings (SSSR count). The Balaban J connectivity index is 0.000000182. The summed E-state index contributed by atoms with van der Waals surface area (Å²) in [5.74, 6) is -6.70. The van der Waals surface area contributed by atoms with Gasteiger partial charge in [0.2, 0.25) is 35.4 Å². The van der Waals surface area contributed by atoms with Gasteiger partial charge in [-0.3, -0.25) is 48.2 Å². The molecule has 74 heavy (non-hydrogen) atoms. The summed E-state index contributed by atoms with van der Waals surface area (Å²) in [6.07, 6.45) is -2.04. The van der Waals surface area contributed by atoms with Gasteiger partial charge in [-0.1, -0.05) is 0 Å². The van der Waals surface area contributed by atoms with Crippen LogP contribution in [0.15, 0.2) is 0 Å². The fourth-order valence-corrected chi connectivity index (χ4v) is 15.1. The number of likely N-dealkylation sites (tertiary alicyclic amines) is 2. The van der Waals surface area contributed by atoms with Crippen LogP contribution in [0.2, 0.25) is 0 Å². The van der Waals surface area contributed by atoms with E-state index in [0.717, 1.165) is 9.80 Å². The molecular weight excluding hydrogens is 1020 g/mol. The molecule has 0 radical (unpaired) electrons. The van der Waals surface area contributed by atoms with E-state index in [1.54, 1.807) is 0 Å².